The van der Waals surface area contributed by atoms with Crippen molar-refractivity contribution in [3.05, 3.63) is 65.7 Å². The number of carbonyl (C=O) groups is 1. The normalized spacial score (nSPS) is 10.9. The fourth-order valence-electron chi connectivity index (χ4n) is 3.01. The smallest absolute Gasteiger partial charge is 0.262 e. The summed E-state index contributed by atoms with van der Waals surface area (Å²) in [6.07, 6.45) is 0. The molecule has 0 radical (unpaired) electrons. The van der Waals surface area contributed by atoms with Gasteiger partial charge in [0.15, 0.2) is 6.61 Å². The molecule has 0 bridgehead atoms. The molecular weight excluding hydrogens is 496 g/mol. The fraction of sp³-hybridized carbons (Fsp3) is 0.208. The first kappa shape index (κ1) is 26.0. The zero-order valence-electron chi connectivity index (χ0n) is 19.3. The highest BCUT2D eigenvalue weighted by Gasteiger charge is 2.17. The number of hydrogen-bond acceptors (Lipinski definition) is 7. The van der Waals surface area contributed by atoms with E-state index in [9.17, 15) is 13.2 Å². The van der Waals surface area contributed by atoms with Gasteiger partial charge in [0.25, 0.3) is 15.9 Å². The van der Waals surface area contributed by atoms with Crippen molar-refractivity contribution in [3.63, 3.8) is 0 Å². The van der Waals surface area contributed by atoms with Crippen LogP contribution in [0.3, 0.4) is 0 Å². The van der Waals surface area contributed by atoms with E-state index >= 15 is 0 Å². The molecule has 0 unspecified atom stereocenters. The largest absolute Gasteiger partial charge is 0.497 e. The number of hydrogen-bond donors (Lipinski definition) is 2. The molecule has 0 atom stereocenters. The van der Waals surface area contributed by atoms with Crippen molar-refractivity contribution >= 4 is 38.9 Å². The summed E-state index contributed by atoms with van der Waals surface area (Å²) in [5.41, 5.74) is 0.780. The molecule has 1 amide bonds. The number of anilines is 2. The third kappa shape index (κ3) is 6.93. The van der Waals surface area contributed by atoms with Gasteiger partial charge in [0.2, 0.25) is 0 Å². The number of amides is 1. The van der Waals surface area contributed by atoms with Crippen molar-refractivity contribution in [2.75, 3.05) is 37.5 Å². The van der Waals surface area contributed by atoms with Crippen molar-refractivity contribution in [1.82, 2.24) is 0 Å². The first-order valence-corrected chi connectivity index (χ1v) is 12.3. The van der Waals surface area contributed by atoms with Crippen LogP contribution < -0.4 is 29.0 Å². The van der Waals surface area contributed by atoms with Crippen molar-refractivity contribution in [1.29, 1.82) is 0 Å². The summed E-state index contributed by atoms with van der Waals surface area (Å²) in [7, 11) is -0.910. The van der Waals surface area contributed by atoms with E-state index in [1.165, 1.54) is 32.4 Å². The van der Waals surface area contributed by atoms with Gasteiger partial charge in [-0.05, 0) is 61.5 Å². The van der Waals surface area contributed by atoms with Crippen molar-refractivity contribution in [2.45, 2.75) is 11.8 Å². The van der Waals surface area contributed by atoms with Crippen LogP contribution in [0, 0.1) is 0 Å². The molecule has 0 saturated heterocycles. The quantitative estimate of drug-likeness (QED) is 0.380. The monoisotopic (exact) mass is 520 g/mol. The third-order valence-corrected chi connectivity index (χ3v) is 6.35. The lowest BCUT2D eigenvalue weighted by atomic mass is 10.2. The summed E-state index contributed by atoms with van der Waals surface area (Å²) in [6.45, 7) is 2.00. The molecular formula is C24H25ClN2O7S. The Hall–Kier alpha value is -3.63. The molecule has 0 aliphatic rings. The van der Waals surface area contributed by atoms with Gasteiger partial charge in [-0.2, -0.15) is 0 Å². The second-order valence-corrected chi connectivity index (χ2v) is 9.15. The Morgan fingerprint density at radius 1 is 0.886 bits per heavy atom. The SMILES string of the molecule is CCOc1ccc(NS(=O)(=O)c2ccc(OCC(=O)Nc3cc(OC)ccc3OC)c(Cl)c2)cc1. The van der Waals surface area contributed by atoms with Gasteiger partial charge in [0.1, 0.15) is 23.0 Å². The van der Waals surface area contributed by atoms with Gasteiger partial charge in [0.05, 0.1) is 36.4 Å². The van der Waals surface area contributed by atoms with Gasteiger partial charge in [-0.15, -0.1) is 0 Å². The standard InChI is InChI=1S/C24H25ClN2O7S/c1-4-33-17-7-5-16(6-8-17)27-35(29,30)19-10-12-22(20(25)14-19)34-15-24(28)26-21-13-18(31-2)9-11-23(21)32-3/h5-14,27H,4,15H2,1-3H3,(H,26,28). The van der Waals surface area contributed by atoms with Gasteiger partial charge in [-0.25, -0.2) is 8.42 Å². The number of halogens is 1. The highest BCUT2D eigenvalue weighted by atomic mass is 35.5. The Labute approximate surface area is 209 Å². The van der Waals surface area contributed by atoms with Crippen molar-refractivity contribution in [2.24, 2.45) is 0 Å². The summed E-state index contributed by atoms with van der Waals surface area (Å²) >= 11 is 6.22. The topological polar surface area (TPSA) is 112 Å². The van der Waals surface area contributed by atoms with Crippen LogP contribution in [-0.2, 0) is 14.8 Å². The number of carbonyl (C=O) groups excluding carboxylic acids is 1. The van der Waals surface area contributed by atoms with Gasteiger partial charge in [-0.1, -0.05) is 11.6 Å². The maximum absolute atomic E-state index is 12.7. The van der Waals surface area contributed by atoms with Crippen LogP contribution in [-0.4, -0.2) is 41.8 Å². The minimum absolute atomic E-state index is 0.0336. The zero-order chi connectivity index (χ0) is 25.4. The number of methoxy groups -OCH3 is 2. The van der Waals surface area contributed by atoms with Crippen molar-refractivity contribution in [3.8, 4) is 23.0 Å². The molecule has 0 spiro atoms. The van der Waals surface area contributed by atoms with E-state index in [4.69, 9.17) is 30.5 Å². The highest BCUT2D eigenvalue weighted by Crippen LogP contribution is 2.30. The average Bonchev–Trinajstić information content (AvgIpc) is 2.84. The maximum Gasteiger partial charge on any atom is 0.262 e. The van der Waals surface area contributed by atoms with E-state index in [1.807, 2.05) is 6.92 Å². The van der Waals surface area contributed by atoms with E-state index < -0.39 is 15.9 Å². The molecule has 0 fully saturated rings. The first-order valence-electron chi connectivity index (χ1n) is 10.5. The minimum atomic E-state index is -3.90. The Morgan fingerprint density at radius 2 is 1.57 bits per heavy atom. The van der Waals surface area contributed by atoms with Crippen LogP contribution in [0.2, 0.25) is 5.02 Å². The van der Waals surface area contributed by atoms with Crippen LogP contribution in [0.4, 0.5) is 11.4 Å². The van der Waals surface area contributed by atoms with E-state index in [0.717, 1.165) is 0 Å². The molecule has 3 rings (SSSR count). The van der Waals surface area contributed by atoms with E-state index in [1.54, 1.807) is 42.5 Å². The number of ether oxygens (including phenoxy) is 4. The van der Waals surface area contributed by atoms with Crippen LogP contribution in [0.1, 0.15) is 6.92 Å². The predicted molar refractivity (Wildman–Crippen MR) is 134 cm³/mol. The van der Waals surface area contributed by atoms with Gasteiger partial charge < -0.3 is 24.3 Å². The zero-order valence-corrected chi connectivity index (χ0v) is 20.9. The molecule has 0 saturated carbocycles. The lowest BCUT2D eigenvalue weighted by Gasteiger charge is -2.13. The summed E-state index contributed by atoms with van der Waals surface area (Å²) in [6, 6.07) is 15.5. The minimum Gasteiger partial charge on any atom is -0.497 e. The van der Waals surface area contributed by atoms with E-state index in [2.05, 4.69) is 10.0 Å². The molecule has 35 heavy (non-hydrogen) atoms. The second-order valence-electron chi connectivity index (χ2n) is 7.06. The summed E-state index contributed by atoms with van der Waals surface area (Å²) in [5.74, 6) is 1.31. The number of rotatable bonds is 11. The van der Waals surface area contributed by atoms with Gasteiger partial charge in [-0.3, -0.25) is 9.52 Å². The molecule has 11 heteroatoms. The number of sulfonamides is 1. The third-order valence-electron chi connectivity index (χ3n) is 4.67. The Kier molecular flexibility index (Phi) is 8.67. The lowest BCUT2D eigenvalue weighted by Crippen LogP contribution is -2.20. The van der Waals surface area contributed by atoms with Crippen LogP contribution in [0.5, 0.6) is 23.0 Å². The molecule has 0 aliphatic carbocycles. The lowest BCUT2D eigenvalue weighted by molar-refractivity contribution is -0.118. The van der Waals surface area contributed by atoms with Gasteiger partial charge >= 0.3 is 0 Å². The van der Waals surface area contributed by atoms with Crippen LogP contribution in [0.25, 0.3) is 0 Å². The number of benzene rings is 3. The Bertz CT molecular complexity index is 1280. The molecule has 0 aromatic heterocycles. The Balaban J connectivity index is 1.64. The second kappa shape index (κ2) is 11.7. The predicted octanol–water partition coefficient (Wildman–Crippen LogP) is 4.57. The summed E-state index contributed by atoms with van der Waals surface area (Å²) in [5, 5.41) is 2.71. The van der Waals surface area contributed by atoms with Crippen LogP contribution in [0.15, 0.2) is 65.6 Å². The molecule has 9 nitrogen and oxygen atoms in total. The summed E-state index contributed by atoms with van der Waals surface area (Å²) < 4.78 is 49.2. The van der Waals surface area contributed by atoms with Crippen molar-refractivity contribution < 1.29 is 32.2 Å². The first-order chi connectivity index (χ1) is 16.7. The van der Waals surface area contributed by atoms with Gasteiger partial charge in [0, 0.05) is 11.8 Å². The maximum atomic E-state index is 12.7. The van der Waals surface area contributed by atoms with Crippen LogP contribution >= 0.6 is 11.6 Å². The van der Waals surface area contributed by atoms with E-state index in [0.29, 0.717) is 35.2 Å². The fourth-order valence-corrected chi connectivity index (χ4v) is 4.39. The number of nitrogens with one attached hydrogen (secondary N) is 2. The molecule has 0 aliphatic heterocycles. The highest BCUT2D eigenvalue weighted by molar-refractivity contribution is 7.92. The Morgan fingerprint density at radius 3 is 2.20 bits per heavy atom. The summed E-state index contributed by atoms with van der Waals surface area (Å²) in [4.78, 5) is 12.3. The molecule has 0 heterocycles. The average molecular weight is 521 g/mol. The molecule has 3 aromatic rings. The molecule has 2 N–H and O–H groups in total. The molecule has 186 valence electrons. The molecule has 3 aromatic carbocycles. The van der Waals surface area contributed by atoms with E-state index in [-0.39, 0.29) is 22.3 Å².